The summed E-state index contributed by atoms with van der Waals surface area (Å²) in [5.41, 5.74) is 8.35. The van der Waals surface area contributed by atoms with Crippen molar-refractivity contribution in [2.24, 2.45) is 5.73 Å². The molecular weight excluding hydrogens is 190 g/mol. The van der Waals surface area contributed by atoms with E-state index in [1.165, 1.54) is 4.88 Å². The first-order valence-corrected chi connectivity index (χ1v) is 4.73. The van der Waals surface area contributed by atoms with Crippen LogP contribution in [0.3, 0.4) is 0 Å². The van der Waals surface area contributed by atoms with Gasteiger partial charge in [0, 0.05) is 6.20 Å². The van der Waals surface area contributed by atoms with E-state index in [2.05, 4.69) is 4.98 Å². The van der Waals surface area contributed by atoms with Gasteiger partial charge in [0.1, 0.15) is 0 Å². The summed E-state index contributed by atoms with van der Waals surface area (Å²) < 4.78 is 0. The Bertz CT molecular complexity index is 342. The monoisotopic (exact) mass is 197 g/mol. The molecule has 0 amide bonds. The van der Waals surface area contributed by atoms with Crippen molar-refractivity contribution in [1.29, 1.82) is 0 Å². The average molecular weight is 197 g/mol. The van der Waals surface area contributed by atoms with Gasteiger partial charge >= 0.3 is 0 Å². The molecule has 2 rings (SSSR count). The number of aromatic nitrogens is 1. The molecule has 1 aromatic heterocycles. The first-order valence-electron chi connectivity index (χ1n) is 3.44. The highest BCUT2D eigenvalue weighted by Gasteiger charge is 2.13. The van der Waals surface area contributed by atoms with E-state index in [-0.39, 0.29) is 0 Å². The van der Waals surface area contributed by atoms with E-state index in [9.17, 15) is 0 Å². The van der Waals surface area contributed by atoms with Gasteiger partial charge in [-0.3, -0.25) is 0 Å². The predicted octanol–water partition coefficient (Wildman–Crippen LogP) is 1.17. The number of hydrogen-bond acceptors (Lipinski definition) is 3. The third-order valence-corrected chi connectivity index (χ3v) is 2.75. The van der Waals surface area contributed by atoms with Gasteiger partial charge in [0.15, 0.2) is 5.11 Å². The van der Waals surface area contributed by atoms with Crippen molar-refractivity contribution in [3.05, 3.63) is 22.3 Å². The molecule has 2 heterocycles. The van der Waals surface area contributed by atoms with Crippen molar-refractivity contribution >= 4 is 34.7 Å². The molecule has 0 fully saturated rings. The quantitative estimate of drug-likeness (QED) is 0.634. The van der Waals surface area contributed by atoms with Gasteiger partial charge in [0.05, 0.1) is 22.6 Å². The molecule has 1 aliphatic rings. The van der Waals surface area contributed by atoms with E-state index < -0.39 is 0 Å². The summed E-state index contributed by atoms with van der Waals surface area (Å²) in [4.78, 5) is 7.21. The van der Waals surface area contributed by atoms with Crippen molar-refractivity contribution in [3.8, 4) is 0 Å². The fourth-order valence-corrected chi connectivity index (χ4v) is 1.93. The fraction of sp³-hybridized carbons (Fsp3) is 0.143. The lowest BCUT2D eigenvalue weighted by Crippen LogP contribution is -2.31. The maximum atomic E-state index is 5.48. The number of thiazole rings is 1. The molecule has 0 aromatic carbocycles. The van der Waals surface area contributed by atoms with Gasteiger partial charge in [-0.05, 0) is 18.3 Å². The Morgan fingerprint density at radius 1 is 1.75 bits per heavy atom. The summed E-state index contributed by atoms with van der Waals surface area (Å²) in [5, 5.41) is 0.408. The summed E-state index contributed by atoms with van der Waals surface area (Å²) >= 11 is 6.48. The fourth-order valence-electron chi connectivity index (χ4n) is 1.05. The molecular formula is C7H7N3S2. The highest BCUT2D eigenvalue weighted by Crippen LogP contribution is 2.21. The molecule has 5 heteroatoms. The Hall–Kier alpha value is -0.940. The summed E-state index contributed by atoms with van der Waals surface area (Å²) in [5.74, 6) is 0. The zero-order valence-electron chi connectivity index (χ0n) is 6.23. The van der Waals surface area contributed by atoms with E-state index >= 15 is 0 Å². The third-order valence-electron chi connectivity index (χ3n) is 1.68. The van der Waals surface area contributed by atoms with Gasteiger partial charge in [-0.25, -0.2) is 4.98 Å². The van der Waals surface area contributed by atoms with E-state index in [1.807, 2.05) is 22.7 Å². The topological polar surface area (TPSA) is 42.1 Å². The van der Waals surface area contributed by atoms with Crippen LogP contribution in [0.5, 0.6) is 0 Å². The highest BCUT2D eigenvalue weighted by atomic mass is 32.1. The summed E-state index contributed by atoms with van der Waals surface area (Å²) in [7, 11) is 0. The van der Waals surface area contributed by atoms with Gasteiger partial charge in [-0.1, -0.05) is 0 Å². The van der Waals surface area contributed by atoms with Crippen LogP contribution in [-0.2, 0) is 6.54 Å². The number of rotatable bonds is 0. The summed E-state index contributed by atoms with van der Waals surface area (Å²) in [6.07, 6.45) is 3.79. The maximum Gasteiger partial charge on any atom is 0.170 e. The molecule has 0 aliphatic carbocycles. The first-order chi connectivity index (χ1) is 5.77. The van der Waals surface area contributed by atoms with Crippen LogP contribution in [0.15, 0.2) is 11.7 Å². The van der Waals surface area contributed by atoms with Crippen molar-refractivity contribution in [2.75, 3.05) is 0 Å². The Balaban J connectivity index is 2.30. The molecule has 0 radical (unpaired) electrons. The van der Waals surface area contributed by atoms with E-state index in [0.29, 0.717) is 5.11 Å². The Morgan fingerprint density at radius 2 is 2.58 bits per heavy atom. The van der Waals surface area contributed by atoms with E-state index in [4.69, 9.17) is 18.0 Å². The van der Waals surface area contributed by atoms with Crippen molar-refractivity contribution < 1.29 is 0 Å². The van der Waals surface area contributed by atoms with Crippen molar-refractivity contribution in [2.45, 2.75) is 6.54 Å². The molecule has 0 unspecified atom stereocenters. The second-order valence-electron chi connectivity index (χ2n) is 2.44. The number of nitrogens with zero attached hydrogens (tertiary/aromatic N) is 2. The molecule has 12 heavy (non-hydrogen) atoms. The number of nitrogens with two attached hydrogens (primary N) is 1. The Morgan fingerprint density at radius 3 is 3.33 bits per heavy atom. The van der Waals surface area contributed by atoms with Crippen molar-refractivity contribution in [3.63, 3.8) is 0 Å². The van der Waals surface area contributed by atoms with Gasteiger partial charge in [-0.2, -0.15) is 0 Å². The lowest BCUT2D eigenvalue weighted by molar-refractivity contribution is 0.558. The van der Waals surface area contributed by atoms with Crippen LogP contribution in [0.1, 0.15) is 10.6 Å². The van der Waals surface area contributed by atoms with Crippen LogP contribution >= 0.6 is 23.6 Å². The maximum absolute atomic E-state index is 5.48. The minimum absolute atomic E-state index is 0.408. The second kappa shape index (κ2) is 2.84. The van der Waals surface area contributed by atoms with E-state index in [1.54, 1.807) is 11.3 Å². The normalized spacial score (nSPS) is 14.5. The smallest absolute Gasteiger partial charge is 0.170 e. The SMILES string of the molecule is NC(=S)N1C=Cc2ncsc2C1. The largest absolute Gasteiger partial charge is 0.376 e. The van der Waals surface area contributed by atoms with Gasteiger partial charge < -0.3 is 10.6 Å². The minimum Gasteiger partial charge on any atom is -0.376 e. The second-order valence-corrected chi connectivity index (χ2v) is 3.80. The van der Waals surface area contributed by atoms with Crippen LogP contribution in [0.4, 0.5) is 0 Å². The van der Waals surface area contributed by atoms with Crippen molar-refractivity contribution in [1.82, 2.24) is 9.88 Å². The molecule has 0 spiro atoms. The van der Waals surface area contributed by atoms with Gasteiger partial charge in [0.2, 0.25) is 0 Å². The molecule has 1 aliphatic heterocycles. The molecule has 1 aromatic rings. The van der Waals surface area contributed by atoms with Crippen LogP contribution < -0.4 is 5.73 Å². The summed E-state index contributed by atoms with van der Waals surface area (Å²) in [6, 6.07) is 0. The molecule has 62 valence electrons. The molecule has 0 saturated carbocycles. The third kappa shape index (κ3) is 1.21. The lowest BCUT2D eigenvalue weighted by atomic mass is 10.3. The molecule has 0 atom stereocenters. The highest BCUT2D eigenvalue weighted by molar-refractivity contribution is 7.80. The first kappa shape index (κ1) is 7.70. The lowest BCUT2D eigenvalue weighted by Gasteiger charge is -2.20. The predicted molar refractivity (Wildman–Crippen MR) is 53.5 cm³/mol. The average Bonchev–Trinajstić information content (AvgIpc) is 2.49. The zero-order valence-corrected chi connectivity index (χ0v) is 7.86. The van der Waals surface area contributed by atoms with Gasteiger partial charge in [-0.15, -0.1) is 11.3 Å². The number of hydrogen-bond donors (Lipinski definition) is 1. The minimum atomic E-state index is 0.408. The summed E-state index contributed by atoms with van der Waals surface area (Å²) in [6.45, 7) is 0.756. The van der Waals surface area contributed by atoms with E-state index in [0.717, 1.165) is 12.2 Å². The molecule has 3 nitrogen and oxygen atoms in total. The van der Waals surface area contributed by atoms with Crippen LogP contribution in [0.2, 0.25) is 0 Å². The standard InChI is InChI=1S/C7H7N3S2/c8-7(11)10-2-1-5-6(3-10)12-4-9-5/h1-2,4H,3H2,(H2,8,11). The van der Waals surface area contributed by atoms with Crippen LogP contribution in [0, 0.1) is 0 Å². The number of thiocarbonyl (C=S) groups is 1. The number of fused-ring (bicyclic) bond motifs is 1. The molecule has 0 saturated heterocycles. The molecule has 0 bridgehead atoms. The molecule has 2 N–H and O–H groups in total. The van der Waals surface area contributed by atoms with Gasteiger partial charge in [0.25, 0.3) is 0 Å². The van der Waals surface area contributed by atoms with Crippen LogP contribution in [-0.4, -0.2) is 15.0 Å². The van der Waals surface area contributed by atoms with Crippen LogP contribution in [0.25, 0.3) is 6.08 Å². The Kier molecular flexibility index (Phi) is 1.82. The Labute approximate surface area is 79.5 Å². The zero-order chi connectivity index (χ0) is 8.55.